The van der Waals surface area contributed by atoms with E-state index in [0.717, 1.165) is 36.6 Å². The van der Waals surface area contributed by atoms with Gasteiger partial charge in [0.1, 0.15) is 5.00 Å². The third kappa shape index (κ3) is 2.85. The van der Waals surface area contributed by atoms with Crippen LogP contribution in [0.15, 0.2) is 35.4 Å². The summed E-state index contributed by atoms with van der Waals surface area (Å²) in [6, 6.07) is 5.52. The molecule has 0 spiro atoms. The molecule has 3 aromatic heterocycles. The second-order valence-corrected chi connectivity index (χ2v) is 6.58. The van der Waals surface area contributed by atoms with Crippen molar-refractivity contribution in [1.29, 1.82) is 0 Å². The van der Waals surface area contributed by atoms with Crippen LogP contribution in [0.1, 0.15) is 16.8 Å². The first-order chi connectivity index (χ1) is 11.7. The molecule has 0 atom stereocenters. The predicted octanol–water partition coefficient (Wildman–Crippen LogP) is 1.58. The Morgan fingerprint density at radius 2 is 2.29 bits per heavy atom. The number of hydrogen-bond donors (Lipinski definition) is 1. The summed E-state index contributed by atoms with van der Waals surface area (Å²) in [5.41, 5.74) is 3.48. The molecule has 8 heteroatoms. The molecule has 0 bridgehead atoms. The van der Waals surface area contributed by atoms with Gasteiger partial charge in [-0.1, -0.05) is 6.07 Å². The molecule has 0 aromatic carbocycles. The summed E-state index contributed by atoms with van der Waals surface area (Å²) in [6.45, 7) is 2.64. The van der Waals surface area contributed by atoms with Crippen molar-refractivity contribution in [2.45, 2.75) is 19.5 Å². The van der Waals surface area contributed by atoms with Gasteiger partial charge in [0.05, 0.1) is 19.0 Å². The monoisotopic (exact) mass is 343 g/mol. The van der Waals surface area contributed by atoms with Gasteiger partial charge in [-0.25, -0.2) is 9.67 Å². The maximum atomic E-state index is 11.3. The predicted molar refractivity (Wildman–Crippen MR) is 90.7 cm³/mol. The fourth-order valence-electron chi connectivity index (χ4n) is 2.98. The molecule has 1 N–H and O–H groups in total. The average molecular weight is 343 g/mol. The van der Waals surface area contributed by atoms with E-state index >= 15 is 0 Å². The summed E-state index contributed by atoms with van der Waals surface area (Å²) in [5, 5.41) is 5.30. The van der Waals surface area contributed by atoms with Gasteiger partial charge in [-0.15, -0.1) is 0 Å². The van der Waals surface area contributed by atoms with Crippen molar-refractivity contribution in [3.8, 4) is 10.9 Å². The van der Waals surface area contributed by atoms with Crippen LogP contribution in [0.3, 0.4) is 0 Å². The van der Waals surface area contributed by atoms with E-state index in [4.69, 9.17) is 4.74 Å². The summed E-state index contributed by atoms with van der Waals surface area (Å²) in [7, 11) is 1.62. The van der Waals surface area contributed by atoms with Crippen LogP contribution in [0, 0.1) is 0 Å². The summed E-state index contributed by atoms with van der Waals surface area (Å²) in [5.74, 6) is 0.631. The van der Waals surface area contributed by atoms with Gasteiger partial charge in [-0.3, -0.25) is 14.1 Å². The highest BCUT2D eigenvalue weighted by atomic mass is 32.1. The summed E-state index contributed by atoms with van der Waals surface area (Å²) in [4.78, 5) is 18.0. The van der Waals surface area contributed by atoms with Gasteiger partial charge in [-0.05, 0) is 17.1 Å². The third-order valence-corrected chi connectivity index (χ3v) is 4.95. The average Bonchev–Trinajstić information content (AvgIpc) is 3.21. The molecule has 0 fully saturated rings. The lowest BCUT2D eigenvalue weighted by Gasteiger charge is -2.27. The van der Waals surface area contributed by atoms with E-state index in [0.29, 0.717) is 5.88 Å². The first-order valence-corrected chi connectivity index (χ1v) is 8.50. The molecular weight excluding hydrogens is 326 g/mol. The van der Waals surface area contributed by atoms with Crippen LogP contribution < -0.4 is 10.3 Å². The van der Waals surface area contributed by atoms with Gasteiger partial charge in [0, 0.05) is 49.9 Å². The number of aromatic amines is 1. The summed E-state index contributed by atoms with van der Waals surface area (Å²) < 4.78 is 9.68. The van der Waals surface area contributed by atoms with Gasteiger partial charge in [0.25, 0.3) is 5.56 Å². The minimum atomic E-state index is -0.0799. The lowest BCUT2D eigenvalue weighted by atomic mass is 10.1. The van der Waals surface area contributed by atoms with E-state index in [1.165, 1.54) is 22.8 Å². The first kappa shape index (κ1) is 15.1. The number of aromatic nitrogens is 4. The number of nitrogens with zero attached hydrogens (tertiary/aromatic N) is 4. The van der Waals surface area contributed by atoms with E-state index in [9.17, 15) is 4.79 Å². The van der Waals surface area contributed by atoms with Crippen LogP contribution in [-0.4, -0.2) is 37.7 Å². The quantitative estimate of drug-likeness (QED) is 0.778. The Kier molecular flexibility index (Phi) is 3.91. The second kappa shape index (κ2) is 6.21. The number of pyridine rings is 1. The highest BCUT2D eigenvalue weighted by Crippen LogP contribution is 2.23. The fourth-order valence-corrected chi connectivity index (χ4v) is 3.65. The minimum absolute atomic E-state index is 0.0799. The standard InChI is InChI=1S/C16H17N5O2S/c1-23-15-3-2-11(7-17-15)9-20-5-4-13-12(10-20)8-18-21(13)16-6-14(22)19-24-16/h2-3,6-8H,4-5,9-10H2,1H3,(H,19,22). The van der Waals surface area contributed by atoms with Gasteiger partial charge >= 0.3 is 0 Å². The minimum Gasteiger partial charge on any atom is -0.481 e. The maximum Gasteiger partial charge on any atom is 0.260 e. The van der Waals surface area contributed by atoms with E-state index in [1.807, 2.05) is 29.2 Å². The molecule has 0 amide bonds. The Labute approximate surface area is 142 Å². The normalized spacial score (nSPS) is 14.5. The van der Waals surface area contributed by atoms with Crippen LogP contribution in [0.2, 0.25) is 0 Å². The first-order valence-electron chi connectivity index (χ1n) is 7.69. The Bertz CT molecular complexity index is 896. The van der Waals surface area contributed by atoms with Gasteiger partial charge in [0.15, 0.2) is 0 Å². The molecule has 4 rings (SSSR count). The van der Waals surface area contributed by atoms with Gasteiger partial charge < -0.3 is 4.74 Å². The third-order valence-electron chi connectivity index (χ3n) is 4.15. The summed E-state index contributed by atoms with van der Waals surface area (Å²) >= 11 is 1.32. The Balaban J connectivity index is 1.50. The molecule has 3 aromatic rings. The number of hydrogen-bond acceptors (Lipinski definition) is 6. The number of nitrogens with one attached hydrogen (secondary N) is 1. The Hall–Kier alpha value is -2.45. The van der Waals surface area contributed by atoms with Gasteiger partial charge in [0.2, 0.25) is 5.88 Å². The SMILES string of the molecule is COc1ccc(CN2CCc3c(cnn3-c3cc(=O)[nH]s3)C2)cn1. The van der Waals surface area contributed by atoms with Crippen molar-refractivity contribution in [1.82, 2.24) is 24.0 Å². The van der Waals surface area contributed by atoms with Crippen molar-refractivity contribution in [3.05, 3.63) is 57.8 Å². The lowest BCUT2D eigenvalue weighted by Crippen LogP contribution is -2.30. The molecule has 124 valence electrons. The molecule has 7 nitrogen and oxygen atoms in total. The number of H-pyrrole nitrogens is 1. The second-order valence-electron chi connectivity index (χ2n) is 5.75. The van der Waals surface area contributed by atoms with Crippen LogP contribution in [0.25, 0.3) is 5.00 Å². The molecule has 0 aliphatic carbocycles. The van der Waals surface area contributed by atoms with Crippen LogP contribution >= 0.6 is 11.5 Å². The zero-order chi connectivity index (χ0) is 16.5. The van der Waals surface area contributed by atoms with Crippen LogP contribution in [0.4, 0.5) is 0 Å². The summed E-state index contributed by atoms with van der Waals surface area (Å²) in [6.07, 6.45) is 4.66. The molecule has 0 radical (unpaired) electrons. The molecular formula is C16H17N5O2S. The number of ether oxygens (including phenoxy) is 1. The molecule has 1 aliphatic rings. The highest BCUT2D eigenvalue weighted by Gasteiger charge is 2.22. The van der Waals surface area contributed by atoms with Crippen molar-refractivity contribution in [3.63, 3.8) is 0 Å². The fraction of sp³-hybridized carbons (Fsp3) is 0.312. The molecule has 24 heavy (non-hydrogen) atoms. The Morgan fingerprint density at radius 3 is 3.00 bits per heavy atom. The number of rotatable bonds is 4. The number of fused-ring (bicyclic) bond motifs is 1. The maximum absolute atomic E-state index is 11.3. The van der Waals surface area contributed by atoms with E-state index in [-0.39, 0.29) is 5.56 Å². The van der Waals surface area contributed by atoms with Crippen molar-refractivity contribution < 1.29 is 4.74 Å². The van der Waals surface area contributed by atoms with Crippen LogP contribution in [-0.2, 0) is 19.5 Å². The van der Waals surface area contributed by atoms with Crippen molar-refractivity contribution in [2.24, 2.45) is 0 Å². The van der Waals surface area contributed by atoms with E-state index in [1.54, 1.807) is 13.2 Å². The molecule has 0 saturated heterocycles. The smallest absolute Gasteiger partial charge is 0.260 e. The van der Waals surface area contributed by atoms with Crippen molar-refractivity contribution in [2.75, 3.05) is 13.7 Å². The zero-order valence-corrected chi connectivity index (χ0v) is 14.0. The zero-order valence-electron chi connectivity index (χ0n) is 13.2. The van der Waals surface area contributed by atoms with E-state index < -0.39 is 0 Å². The molecule has 1 aliphatic heterocycles. The van der Waals surface area contributed by atoms with Crippen molar-refractivity contribution >= 4 is 11.5 Å². The highest BCUT2D eigenvalue weighted by molar-refractivity contribution is 7.08. The van der Waals surface area contributed by atoms with Crippen LogP contribution in [0.5, 0.6) is 5.88 Å². The topological polar surface area (TPSA) is 76.0 Å². The lowest BCUT2D eigenvalue weighted by molar-refractivity contribution is 0.243. The van der Waals surface area contributed by atoms with Gasteiger partial charge in [-0.2, -0.15) is 5.10 Å². The largest absolute Gasteiger partial charge is 0.481 e. The molecule has 0 unspecified atom stereocenters. The Morgan fingerprint density at radius 1 is 1.38 bits per heavy atom. The molecule has 0 saturated carbocycles. The molecule has 4 heterocycles. The number of methoxy groups -OCH3 is 1. The van der Waals surface area contributed by atoms with E-state index in [2.05, 4.69) is 19.4 Å².